The summed E-state index contributed by atoms with van der Waals surface area (Å²) in [5, 5.41) is 0. The van der Waals surface area contributed by atoms with Crippen LogP contribution in [0.2, 0.25) is 0 Å². The van der Waals surface area contributed by atoms with Gasteiger partial charge in [0.15, 0.2) is 5.60 Å². The van der Waals surface area contributed by atoms with Crippen molar-refractivity contribution in [3.8, 4) is 0 Å². The molecule has 2 rings (SSSR count). The van der Waals surface area contributed by atoms with Crippen molar-refractivity contribution in [1.29, 1.82) is 0 Å². The summed E-state index contributed by atoms with van der Waals surface area (Å²) in [5.74, 6) is 0.0145. The molecule has 2 aliphatic rings. The maximum absolute atomic E-state index is 11.3. The van der Waals surface area contributed by atoms with Crippen LogP contribution in [-0.4, -0.2) is 18.0 Å². The summed E-state index contributed by atoms with van der Waals surface area (Å²) in [6, 6.07) is 0. The average molecular weight is 280 g/mol. The lowest BCUT2D eigenvalue weighted by atomic mass is 10.0. The zero-order valence-corrected chi connectivity index (χ0v) is 8.61. The molecule has 11 heavy (non-hydrogen) atoms. The van der Waals surface area contributed by atoms with E-state index in [1.54, 1.807) is 12.2 Å². The minimum absolute atomic E-state index is 0.0145. The molecule has 1 saturated heterocycles. The monoisotopic (exact) mass is 278 g/mol. The van der Waals surface area contributed by atoms with E-state index >= 15 is 0 Å². The highest BCUT2D eigenvalue weighted by atomic mass is 79.9. The van der Waals surface area contributed by atoms with Crippen molar-refractivity contribution in [2.24, 2.45) is 0 Å². The number of ketones is 1. The van der Waals surface area contributed by atoms with E-state index in [2.05, 4.69) is 31.9 Å². The Morgan fingerprint density at radius 1 is 1.55 bits per heavy atom. The first-order valence-corrected chi connectivity index (χ1v) is 4.67. The molecular formula is C7H4Br2O2. The second kappa shape index (κ2) is 2.28. The Labute approximate surface area is 80.5 Å². The van der Waals surface area contributed by atoms with Crippen LogP contribution in [0.15, 0.2) is 21.1 Å². The van der Waals surface area contributed by atoms with Crippen LogP contribution in [0.25, 0.3) is 0 Å². The molecule has 0 aromatic heterocycles. The summed E-state index contributed by atoms with van der Waals surface area (Å²) in [5.41, 5.74) is -0.633. The summed E-state index contributed by atoms with van der Waals surface area (Å²) in [6.07, 6.45) is 3.52. The van der Waals surface area contributed by atoms with Crippen molar-refractivity contribution < 1.29 is 9.53 Å². The number of Topliss-reactive ketones (excluding diaryl/α,β-unsaturated/α-hetero) is 1. The van der Waals surface area contributed by atoms with Gasteiger partial charge in [-0.2, -0.15) is 0 Å². The summed E-state index contributed by atoms with van der Waals surface area (Å²) < 4.78 is 6.53. The summed E-state index contributed by atoms with van der Waals surface area (Å²) in [4.78, 5) is 11.3. The Hall–Kier alpha value is 0.0700. The number of carbonyl (C=O) groups excluding carboxylic acids is 1. The third-order valence-electron chi connectivity index (χ3n) is 1.69. The van der Waals surface area contributed by atoms with Crippen LogP contribution in [0.3, 0.4) is 0 Å². The maximum atomic E-state index is 11.3. The van der Waals surface area contributed by atoms with Gasteiger partial charge < -0.3 is 4.74 Å². The molecule has 4 heteroatoms. The third-order valence-corrected chi connectivity index (χ3v) is 2.74. The molecule has 1 atom stereocenters. The lowest BCUT2D eigenvalue weighted by molar-refractivity contribution is -0.118. The van der Waals surface area contributed by atoms with Gasteiger partial charge in [0.05, 0.1) is 11.1 Å². The second-order valence-corrected chi connectivity index (χ2v) is 4.30. The standard InChI is InChI=1S/C7H4Br2O2/c8-4-1-5(9)6(10)7(2-4)3-11-7/h1-2H,3H2/t7-/m0/s1. The number of epoxide rings is 1. The fourth-order valence-electron chi connectivity index (χ4n) is 1.01. The number of hydrogen-bond acceptors (Lipinski definition) is 2. The predicted octanol–water partition coefficient (Wildman–Crippen LogP) is 1.90. The Morgan fingerprint density at radius 2 is 2.18 bits per heavy atom. The number of allylic oxidation sites excluding steroid dienone is 2. The van der Waals surface area contributed by atoms with E-state index < -0.39 is 5.60 Å². The van der Waals surface area contributed by atoms with E-state index in [1.807, 2.05) is 0 Å². The van der Waals surface area contributed by atoms with Gasteiger partial charge in [0, 0.05) is 4.48 Å². The molecular weight excluding hydrogens is 276 g/mol. The van der Waals surface area contributed by atoms with E-state index in [4.69, 9.17) is 4.74 Å². The third kappa shape index (κ3) is 1.13. The highest BCUT2D eigenvalue weighted by Gasteiger charge is 2.52. The van der Waals surface area contributed by atoms with Gasteiger partial charge in [0.25, 0.3) is 0 Å². The maximum Gasteiger partial charge on any atom is 0.207 e. The number of rotatable bonds is 0. The second-order valence-electron chi connectivity index (χ2n) is 2.53. The molecule has 0 N–H and O–H groups in total. The SMILES string of the molecule is O=C1C(Br)=CC(Br)=C[C@]12CO2. The smallest absolute Gasteiger partial charge is 0.207 e. The van der Waals surface area contributed by atoms with Gasteiger partial charge in [-0.15, -0.1) is 0 Å². The fourth-order valence-corrected chi connectivity index (χ4v) is 2.50. The number of hydrogen-bond donors (Lipinski definition) is 0. The van der Waals surface area contributed by atoms with Crippen molar-refractivity contribution in [2.45, 2.75) is 5.60 Å². The predicted molar refractivity (Wildman–Crippen MR) is 47.7 cm³/mol. The van der Waals surface area contributed by atoms with Crippen molar-refractivity contribution >= 4 is 37.6 Å². The number of halogens is 2. The topological polar surface area (TPSA) is 29.6 Å². The average Bonchev–Trinajstić information content (AvgIpc) is 2.65. The molecule has 0 aromatic rings. The summed E-state index contributed by atoms with van der Waals surface area (Å²) in [7, 11) is 0. The van der Waals surface area contributed by atoms with Gasteiger partial charge in [0.1, 0.15) is 0 Å². The van der Waals surface area contributed by atoms with Crippen molar-refractivity contribution in [2.75, 3.05) is 6.61 Å². The first-order chi connectivity index (χ1) is 5.14. The van der Waals surface area contributed by atoms with Crippen LogP contribution in [0, 0.1) is 0 Å². The van der Waals surface area contributed by atoms with Gasteiger partial charge in [-0.25, -0.2) is 0 Å². The fraction of sp³-hybridized carbons (Fsp3) is 0.286. The zero-order chi connectivity index (χ0) is 8.06. The Balaban J connectivity index is 2.43. The quantitative estimate of drug-likeness (QED) is 0.634. The van der Waals surface area contributed by atoms with Crippen LogP contribution < -0.4 is 0 Å². The highest BCUT2D eigenvalue weighted by Crippen LogP contribution is 2.39. The van der Waals surface area contributed by atoms with Crippen LogP contribution in [0.5, 0.6) is 0 Å². The van der Waals surface area contributed by atoms with Gasteiger partial charge >= 0.3 is 0 Å². The molecule has 58 valence electrons. The number of ether oxygens (including phenoxy) is 1. The molecule has 0 bridgehead atoms. The van der Waals surface area contributed by atoms with Crippen LogP contribution in [0.1, 0.15) is 0 Å². The minimum atomic E-state index is -0.633. The molecule has 0 aromatic carbocycles. The lowest BCUT2D eigenvalue weighted by Crippen LogP contribution is -2.24. The molecule has 0 unspecified atom stereocenters. The lowest BCUT2D eigenvalue weighted by Gasteiger charge is -2.10. The first-order valence-electron chi connectivity index (χ1n) is 3.08. The highest BCUT2D eigenvalue weighted by molar-refractivity contribution is 9.12. The summed E-state index contributed by atoms with van der Waals surface area (Å²) in [6.45, 7) is 0.504. The van der Waals surface area contributed by atoms with Crippen LogP contribution >= 0.6 is 31.9 Å². The first kappa shape index (κ1) is 7.71. The van der Waals surface area contributed by atoms with E-state index in [9.17, 15) is 4.79 Å². The van der Waals surface area contributed by atoms with Crippen LogP contribution in [0.4, 0.5) is 0 Å². The molecule has 1 fully saturated rings. The number of carbonyl (C=O) groups is 1. The van der Waals surface area contributed by atoms with Gasteiger partial charge in [0.2, 0.25) is 5.78 Å². The molecule has 1 heterocycles. The molecule has 0 amide bonds. The van der Waals surface area contributed by atoms with E-state index in [0.717, 1.165) is 4.48 Å². The normalized spacial score (nSPS) is 35.3. The molecule has 1 spiro atoms. The molecule has 2 nitrogen and oxygen atoms in total. The van der Waals surface area contributed by atoms with Gasteiger partial charge in [-0.1, -0.05) is 15.9 Å². The molecule has 0 saturated carbocycles. The zero-order valence-electron chi connectivity index (χ0n) is 5.43. The van der Waals surface area contributed by atoms with Gasteiger partial charge in [-0.05, 0) is 28.1 Å². The Kier molecular flexibility index (Phi) is 1.60. The Bertz CT molecular complexity index is 287. The summed E-state index contributed by atoms with van der Waals surface area (Å²) >= 11 is 6.46. The molecule has 0 radical (unpaired) electrons. The van der Waals surface area contributed by atoms with E-state index in [-0.39, 0.29) is 5.78 Å². The molecule has 1 aliphatic heterocycles. The minimum Gasteiger partial charge on any atom is -0.356 e. The van der Waals surface area contributed by atoms with E-state index in [0.29, 0.717) is 11.1 Å². The Morgan fingerprint density at radius 3 is 2.73 bits per heavy atom. The van der Waals surface area contributed by atoms with Gasteiger partial charge in [-0.3, -0.25) is 4.79 Å². The largest absolute Gasteiger partial charge is 0.356 e. The van der Waals surface area contributed by atoms with Crippen molar-refractivity contribution in [3.63, 3.8) is 0 Å². The van der Waals surface area contributed by atoms with Crippen molar-refractivity contribution in [3.05, 3.63) is 21.1 Å². The van der Waals surface area contributed by atoms with Crippen molar-refractivity contribution in [1.82, 2.24) is 0 Å². The van der Waals surface area contributed by atoms with Crippen LogP contribution in [-0.2, 0) is 9.53 Å². The van der Waals surface area contributed by atoms with E-state index in [1.165, 1.54) is 0 Å². The molecule has 1 aliphatic carbocycles.